The van der Waals surface area contributed by atoms with Gasteiger partial charge in [0.1, 0.15) is 11.6 Å². The minimum Gasteiger partial charge on any atom is -0.300 e. The molecule has 0 radical (unpaired) electrons. The number of hydrogen-bond acceptors (Lipinski definition) is 1. The Balaban J connectivity index is 0.000000671. The van der Waals surface area contributed by atoms with E-state index in [0.29, 0.717) is 5.56 Å². The van der Waals surface area contributed by atoms with Gasteiger partial charge in [-0.05, 0) is 18.6 Å². The van der Waals surface area contributed by atoms with Crippen molar-refractivity contribution in [3.63, 3.8) is 0 Å². The van der Waals surface area contributed by atoms with Crippen molar-refractivity contribution in [2.75, 3.05) is 0 Å². The zero-order valence-corrected chi connectivity index (χ0v) is 8.30. The third-order valence-corrected chi connectivity index (χ3v) is 1.40. The van der Waals surface area contributed by atoms with E-state index in [2.05, 4.69) is 0 Å². The molecule has 0 aliphatic rings. The summed E-state index contributed by atoms with van der Waals surface area (Å²) in [5.74, 6) is -0.321. The smallest absolute Gasteiger partial charge is 0.134 e. The van der Waals surface area contributed by atoms with E-state index in [0.717, 1.165) is 0 Å². The van der Waals surface area contributed by atoms with E-state index in [9.17, 15) is 9.18 Å². The van der Waals surface area contributed by atoms with E-state index in [4.69, 9.17) is 0 Å². The van der Waals surface area contributed by atoms with Gasteiger partial charge in [0, 0.05) is 6.42 Å². The van der Waals surface area contributed by atoms with Crippen LogP contribution in [0.15, 0.2) is 24.3 Å². The minimum atomic E-state index is -0.303. The van der Waals surface area contributed by atoms with Gasteiger partial charge in [-0.1, -0.05) is 32.0 Å². The molecule has 1 rings (SSSR count). The normalized spacial score (nSPS) is 8.62. The van der Waals surface area contributed by atoms with Gasteiger partial charge in [0.15, 0.2) is 0 Å². The third kappa shape index (κ3) is 4.41. The summed E-state index contributed by atoms with van der Waals surface area (Å²) in [6, 6.07) is 6.31. The number of ketones is 1. The van der Waals surface area contributed by atoms with Crippen LogP contribution in [0.25, 0.3) is 0 Å². The Morgan fingerprint density at radius 1 is 1.31 bits per heavy atom. The second kappa shape index (κ2) is 6.35. The van der Waals surface area contributed by atoms with Gasteiger partial charge in [0.25, 0.3) is 0 Å². The molecular weight excluding hydrogens is 167 g/mol. The van der Waals surface area contributed by atoms with Gasteiger partial charge in [-0.25, -0.2) is 4.39 Å². The van der Waals surface area contributed by atoms with Crippen molar-refractivity contribution in [2.45, 2.75) is 27.2 Å². The molecule has 13 heavy (non-hydrogen) atoms. The lowest BCUT2D eigenvalue weighted by Gasteiger charge is -1.97. The number of halogens is 1. The Bertz CT molecular complexity index is 269. The van der Waals surface area contributed by atoms with Crippen molar-refractivity contribution < 1.29 is 9.18 Å². The second-order valence-corrected chi connectivity index (χ2v) is 2.47. The average molecular weight is 182 g/mol. The highest BCUT2D eigenvalue weighted by molar-refractivity contribution is 5.78. The molecule has 0 spiro atoms. The molecule has 0 unspecified atom stereocenters. The monoisotopic (exact) mass is 182 g/mol. The van der Waals surface area contributed by atoms with Crippen LogP contribution in [0.4, 0.5) is 4.39 Å². The van der Waals surface area contributed by atoms with E-state index in [-0.39, 0.29) is 18.0 Å². The number of carbonyl (C=O) groups is 1. The molecule has 0 saturated heterocycles. The lowest BCUT2D eigenvalue weighted by Crippen LogP contribution is -1.98. The molecule has 0 fully saturated rings. The molecule has 0 amide bonds. The molecule has 1 nitrogen and oxygen atoms in total. The summed E-state index contributed by atoms with van der Waals surface area (Å²) in [5.41, 5.74) is 0.472. The fraction of sp³-hybridized carbons (Fsp3) is 0.364. The van der Waals surface area contributed by atoms with Crippen LogP contribution in [-0.4, -0.2) is 5.78 Å². The highest BCUT2D eigenvalue weighted by Crippen LogP contribution is 2.06. The Labute approximate surface area is 78.6 Å². The standard InChI is InChI=1S/C9H9FO.C2H6/c1-7(11)6-8-4-2-3-5-9(8)10;1-2/h2-5H,6H2,1H3;1-2H3. The van der Waals surface area contributed by atoms with Crippen LogP contribution in [-0.2, 0) is 11.2 Å². The fourth-order valence-electron chi connectivity index (χ4n) is 0.910. The highest BCUT2D eigenvalue weighted by Gasteiger charge is 2.01. The van der Waals surface area contributed by atoms with Crippen LogP contribution < -0.4 is 0 Å². The summed E-state index contributed by atoms with van der Waals surface area (Å²) in [6.07, 6.45) is 0.187. The maximum Gasteiger partial charge on any atom is 0.134 e. The molecule has 72 valence electrons. The SMILES string of the molecule is CC.CC(=O)Cc1ccccc1F. The zero-order chi connectivity index (χ0) is 10.3. The minimum absolute atomic E-state index is 0.0184. The Hall–Kier alpha value is -1.18. The summed E-state index contributed by atoms with van der Waals surface area (Å²) in [4.78, 5) is 10.6. The van der Waals surface area contributed by atoms with Crippen LogP contribution in [0.2, 0.25) is 0 Å². The summed E-state index contributed by atoms with van der Waals surface area (Å²) in [6.45, 7) is 5.45. The van der Waals surface area contributed by atoms with Gasteiger partial charge in [-0.3, -0.25) is 4.79 Å². The predicted molar refractivity (Wildman–Crippen MR) is 52.1 cm³/mol. The first-order chi connectivity index (χ1) is 6.20. The predicted octanol–water partition coefficient (Wildman–Crippen LogP) is 2.98. The first-order valence-electron chi connectivity index (χ1n) is 4.43. The lowest BCUT2D eigenvalue weighted by molar-refractivity contribution is -0.116. The van der Waals surface area contributed by atoms with Crippen molar-refractivity contribution in [2.24, 2.45) is 0 Å². The summed E-state index contributed by atoms with van der Waals surface area (Å²) < 4.78 is 12.8. The molecule has 1 aromatic carbocycles. The molecule has 0 atom stereocenters. The van der Waals surface area contributed by atoms with Crippen molar-refractivity contribution in [1.82, 2.24) is 0 Å². The van der Waals surface area contributed by atoms with Crippen molar-refractivity contribution in [3.05, 3.63) is 35.6 Å². The molecule has 0 aliphatic heterocycles. The summed E-state index contributed by atoms with van der Waals surface area (Å²) in [5, 5.41) is 0. The Morgan fingerprint density at radius 3 is 2.31 bits per heavy atom. The first-order valence-corrected chi connectivity index (χ1v) is 4.43. The molecule has 0 heterocycles. The van der Waals surface area contributed by atoms with Gasteiger partial charge in [0.05, 0.1) is 0 Å². The number of hydrogen-bond donors (Lipinski definition) is 0. The summed E-state index contributed by atoms with van der Waals surface area (Å²) >= 11 is 0. The van der Waals surface area contributed by atoms with Crippen LogP contribution in [0.5, 0.6) is 0 Å². The molecule has 0 bridgehead atoms. The second-order valence-electron chi connectivity index (χ2n) is 2.47. The van der Waals surface area contributed by atoms with E-state index in [1.165, 1.54) is 13.0 Å². The zero-order valence-electron chi connectivity index (χ0n) is 8.30. The molecule has 0 aromatic heterocycles. The molecule has 2 heteroatoms. The summed E-state index contributed by atoms with van der Waals surface area (Å²) in [7, 11) is 0. The quantitative estimate of drug-likeness (QED) is 0.687. The first kappa shape index (κ1) is 11.8. The van der Waals surface area contributed by atoms with Gasteiger partial charge in [-0.15, -0.1) is 0 Å². The van der Waals surface area contributed by atoms with Crippen LogP contribution in [0, 0.1) is 5.82 Å². The molecule has 0 saturated carbocycles. The van der Waals surface area contributed by atoms with Gasteiger partial charge < -0.3 is 0 Å². The number of benzene rings is 1. The van der Waals surface area contributed by atoms with E-state index in [1.807, 2.05) is 13.8 Å². The average Bonchev–Trinajstić information content (AvgIpc) is 2.12. The van der Waals surface area contributed by atoms with Crippen LogP contribution >= 0.6 is 0 Å². The number of carbonyl (C=O) groups excluding carboxylic acids is 1. The maximum absolute atomic E-state index is 12.8. The Morgan fingerprint density at radius 2 is 1.85 bits per heavy atom. The lowest BCUT2D eigenvalue weighted by atomic mass is 10.1. The van der Waals surface area contributed by atoms with Gasteiger partial charge >= 0.3 is 0 Å². The van der Waals surface area contributed by atoms with Gasteiger partial charge in [0.2, 0.25) is 0 Å². The van der Waals surface area contributed by atoms with E-state index < -0.39 is 0 Å². The van der Waals surface area contributed by atoms with Gasteiger partial charge in [-0.2, -0.15) is 0 Å². The largest absolute Gasteiger partial charge is 0.300 e. The third-order valence-electron chi connectivity index (χ3n) is 1.40. The van der Waals surface area contributed by atoms with E-state index >= 15 is 0 Å². The van der Waals surface area contributed by atoms with Crippen molar-refractivity contribution in [1.29, 1.82) is 0 Å². The molecule has 1 aromatic rings. The van der Waals surface area contributed by atoms with Crippen LogP contribution in [0.3, 0.4) is 0 Å². The number of rotatable bonds is 2. The Kier molecular flexibility index (Phi) is 5.77. The maximum atomic E-state index is 12.8. The van der Waals surface area contributed by atoms with Crippen molar-refractivity contribution in [3.8, 4) is 0 Å². The highest BCUT2D eigenvalue weighted by atomic mass is 19.1. The molecule has 0 aliphatic carbocycles. The molecule has 0 N–H and O–H groups in total. The number of Topliss-reactive ketones (excluding diaryl/α,β-unsaturated/α-hetero) is 1. The topological polar surface area (TPSA) is 17.1 Å². The van der Waals surface area contributed by atoms with Crippen LogP contribution in [0.1, 0.15) is 26.3 Å². The molecular formula is C11H15FO. The fourth-order valence-corrected chi connectivity index (χ4v) is 0.910. The van der Waals surface area contributed by atoms with Crippen molar-refractivity contribution >= 4 is 5.78 Å². The van der Waals surface area contributed by atoms with E-state index in [1.54, 1.807) is 18.2 Å².